The van der Waals surface area contributed by atoms with Crippen LogP contribution in [0, 0.1) is 0 Å². The summed E-state index contributed by atoms with van der Waals surface area (Å²) in [5.74, 6) is 0.0790. The third-order valence-electron chi connectivity index (χ3n) is 2.95. The molecule has 1 aliphatic rings. The Labute approximate surface area is 102 Å². The van der Waals surface area contributed by atoms with Gasteiger partial charge in [-0.05, 0) is 38.8 Å². The van der Waals surface area contributed by atoms with Gasteiger partial charge < -0.3 is 5.32 Å². The van der Waals surface area contributed by atoms with Crippen LogP contribution in [-0.2, 0) is 4.79 Å². The molecule has 1 aromatic rings. The first-order valence-corrected chi connectivity index (χ1v) is 6.14. The van der Waals surface area contributed by atoms with Gasteiger partial charge in [-0.2, -0.15) is 0 Å². The summed E-state index contributed by atoms with van der Waals surface area (Å²) < 4.78 is 0. The average molecular weight is 233 g/mol. The Balaban J connectivity index is 1.84. The van der Waals surface area contributed by atoms with Crippen LogP contribution in [0.2, 0.25) is 0 Å². The van der Waals surface area contributed by atoms with E-state index in [9.17, 15) is 4.79 Å². The lowest BCUT2D eigenvalue weighted by Crippen LogP contribution is -2.44. The SMILES string of the molecule is CC(NC(C)c1ccccn1)C(=O)NC1CC1. The normalized spacial score (nSPS) is 18.5. The maximum atomic E-state index is 11.8. The molecule has 0 spiro atoms. The molecule has 2 atom stereocenters. The van der Waals surface area contributed by atoms with Gasteiger partial charge in [-0.25, -0.2) is 0 Å². The Hall–Kier alpha value is -1.42. The van der Waals surface area contributed by atoms with E-state index in [-0.39, 0.29) is 18.0 Å². The number of carbonyl (C=O) groups excluding carboxylic acids is 1. The summed E-state index contributed by atoms with van der Waals surface area (Å²) >= 11 is 0. The van der Waals surface area contributed by atoms with Gasteiger partial charge in [0, 0.05) is 18.3 Å². The highest BCUT2D eigenvalue weighted by Gasteiger charge is 2.26. The third-order valence-corrected chi connectivity index (χ3v) is 2.95. The van der Waals surface area contributed by atoms with Crippen LogP contribution in [0.4, 0.5) is 0 Å². The van der Waals surface area contributed by atoms with Gasteiger partial charge in [0.15, 0.2) is 0 Å². The Morgan fingerprint density at radius 3 is 2.76 bits per heavy atom. The van der Waals surface area contributed by atoms with E-state index < -0.39 is 0 Å². The number of nitrogens with zero attached hydrogens (tertiary/aromatic N) is 1. The molecule has 0 radical (unpaired) electrons. The predicted octanol–water partition coefficient (Wildman–Crippen LogP) is 1.40. The highest BCUT2D eigenvalue weighted by molar-refractivity contribution is 5.81. The maximum Gasteiger partial charge on any atom is 0.237 e. The van der Waals surface area contributed by atoms with Crippen LogP contribution in [0.5, 0.6) is 0 Å². The maximum absolute atomic E-state index is 11.8. The zero-order chi connectivity index (χ0) is 12.3. The minimum atomic E-state index is -0.187. The van der Waals surface area contributed by atoms with Crippen LogP contribution in [0.25, 0.3) is 0 Å². The van der Waals surface area contributed by atoms with E-state index >= 15 is 0 Å². The van der Waals surface area contributed by atoms with E-state index in [2.05, 4.69) is 15.6 Å². The van der Waals surface area contributed by atoms with E-state index in [1.807, 2.05) is 32.0 Å². The first-order chi connectivity index (χ1) is 8.16. The van der Waals surface area contributed by atoms with Crippen molar-refractivity contribution < 1.29 is 4.79 Å². The predicted molar refractivity (Wildman–Crippen MR) is 66.4 cm³/mol. The van der Waals surface area contributed by atoms with Crippen molar-refractivity contribution in [2.75, 3.05) is 0 Å². The molecule has 0 bridgehead atoms. The van der Waals surface area contributed by atoms with Crippen LogP contribution in [-0.4, -0.2) is 23.0 Å². The van der Waals surface area contributed by atoms with Gasteiger partial charge in [-0.15, -0.1) is 0 Å². The number of hydrogen-bond acceptors (Lipinski definition) is 3. The minimum absolute atomic E-state index is 0.0790. The third kappa shape index (κ3) is 3.53. The molecule has 0 saturated heterocycles. The van der Waals surface area contributed by atoms with Crippen LogP contribution >= 0.6 is 0 Å². The van der Waals surface area contributed by atoms with Crippen LogP contribution in [0.15, 0.2) is 24.4 Å². The van der Waals surface area contributed by atoms with E-state index in [1.54, 1.807) is 6.20 Å². The number of carbonyl (C=O) groups is 1. The topological polar surface area (TPSA) is 54.0 Å². The van der Waals surface area contributed by atoms with Crippen molar-refractivity contribution in [3.63, 3.8) is 0 Å². The zero-order valence-electron chi connectivity index (χ0n) is 10.3. The molecule has 1 aromatic heterocycles. The molecule has 2 unspecified atom stereocenters. The van der Waals surface area contributed by atoms with Crippen molar-refractivity contribution >= 4 is 5.91 Å². The van der Waals surface area contributed by atoms with Crippen molar-refractivity contribution in [3.05, 3.63) is 30.1 Å². The van der Waals surface area contributed by atoms with Crippen LogP contribution < -0.4 is 10.6 Å². The molecule has 1 heterocycles. The summed E-state index contributed by atoms with van der Waals surface area (Å²) in [4.78, 5) is 16.0. The average Bonchev–Trinajstić information content (AvgIpc) is 3.14. The van der Waals surface area contributed by atoms with E-state index in [0.717, 1.165) is 18.5 Å². The summed E-state index contributed by atoms with van der Waals surface area (Å²) in [5.41, 5.74) is 0.957. The second kappa shape index (κ2) is 5.27. The lowest BCUT2D eigenvalue weighted by molar-refractivity contribution is -0.123. The summed E-state index contributed by atoms with van der Waals surface area (Å²) in [7, 11) is 0. The highest BCUT2D eigenvalue weighted by Crippen LogP contribution is 2.18. The van der Waals surface area contributed by atoms with Crippen molar-refractivity contribution in [1.82, 2.24) is 15.6 Å². The van der Waals surface area contributed by atoms with E-state index in [0.29, 0.717) is 6.04 Å². The summed E-state index contributed by atoms with van der Waals surface area (Å²) in [6.45, 7) is 3.90. The second-order valence-corrected chi connectivity index (χ2v) is 4.65. The Morgan fingerprint density at radius 2 is 2.18 bits per heavy atom. The Kier molecular flexibility index (Phi) is 3.74. The van der Waals surface area contributed by atoms with Gasteiger partial charge in [-0.1, -0.05) is 6.07 Å². The standard InChI is InChI=1S/C13H19N3O/c1-9(12-5-3-4-8-14-12)15-10(2)13(17)16-11-6-7-11/h3-5,8-11,15H,6-7H2,1-2H3,(H,16,17). The van der Waals surface area contributed by atoms with Gasteiger partial charge in [0.05, 0.1) is 11.7 Å². The molecule has 4 nitrogen and oxygen atoms in total. The summed E-state index contributed by atoms with van der Waals surface area (Å²) in [6.07, 6.45) is 4.00. The molecule has 17 heavy (non-hydrogen) atoms. The first-order valence-electron chi connectivity index (χ1n) is 6.14. The van der Waals surface area contributed by atoms with Gasteiger partial charge in [0.2, 0.25) is 5.91 Å². The van der Waals surface area contributed by atoms with Crippen LogP contribution in [0.1, 0.15) is 38.4 Å². The largest absolute Gasteiger partial charge is 0.352 e. The molecule has 1 amide bonds. The second-order valence-electron chi connectivity index (χ2n) is 4.65. The molecule has 1 fully saturated rings. The lowest BCUT2D eigenvalue weighted by Gasteiger charge is -2.19. The molecular weight excluding hydrogens is 214 g/mol. The number of rotatable bonds is 5. The fraction of sp³-hybridized carbons (Fsp3) is 0.538. The number of hydrogen-bond donors (Lipinski definition) is 2. The van der Waals surface area contributed by atoms with Gasteiger partial charge in [-0.3, -0.25) is 15.1 Å². The van der Waals surface area contributed by atoms with Gasteiger partial charge in [0.1, 0.15) is 0 Å². The fourth-order valence-electron chi connectivity index (χ4n) is 1.72. The highest BCUT2D eigenvalue weighted by atomic mass is 16.2. The zero-order valence-corrected chi connectivity index (χ0v) is 10.3. The number of pyridine rings is 1. The number of amides is 1. The minimum Gasteiger partial charge on any atom is -0.352 e. The first kappa shape index (κ1) is 12.0. The van der Waals surface area contributed by atoms with Crippen molar-refractivity contribution in [1.29, 1.82) is 0 Å². The van der Waals surface area contributed by atoms with Gasteiger partial charge >= 0.3 is 0 Å². The molecule has 0 aliphatic heterocycles. The van der Waals surface area contributed by atoms with Crippen molar-refractivity contribution in [2.45, 2.75) is 44.8 Å². The molecule has 2 rings (SSSR count). The summed E-state index contributed by atoms with van der Waals surface area (Å²) in [6, 6.07) is 6.11. The van der Waals surface area contributed by atoms with Crippen molar-refractivity contribution in [2.24, 2.45) is 0 Å². The monoisotopic (exact) mass is 233 g/mol. The molecule has 2 N–H and O–H groups in total. The fourth-order valence-corrected chi connectivity index (χ4v) is 1.72. The van der Waals surface area contributed by atoms with Gasteiger partial charge in [0.25, 0.3) is 0 Å². The molecule has 0 aromatic carbocycles. The molecule has 1 aliphatic carbocycles. The lowest BCUT2D eigenvalue weighted by atomic mass is 10.2. The van der Waals surface area contributed by atoms with E-state index in [1.165, 1.54) is 0 Å². The smallest absolute Gasteiger partial charge is 0.237 e. The molecule has 4 heteroatoms. The summed E-state index contributed by atoms with van der Waals surface area (Å²) in [5, 5.41) is 6.24. The number of aromatic nitrogens is 1. The quantitative estimate of drug-likeness (QED) is 0.808. The van der Waals surface area contributed by atoms with Crippen LogP contribution in [0.3, 0.4) is 0 Å². The molecule has 92 valence electrons. The molecular formula is C13H19N3O. The van der Waals surface area contributed by atoms with Crippen molar-refractivity contribution in [3.8, 4) is 0 Å². The molecule has 1 saturated carbocycles. The van der Waals surface area contributed by atoms with E-state index in [4.69, 9.17) is 0 Å². The Bertz CT molecular complexity index is 376. The Morgan fingerprint density at radius 1 is 1.41 bits per heavy atom. The number of nitrogens with one attached hydrogen (secondary N) is 2.